The Labute approximate surface area is 182 Å². The third-order valence-corrected chi connectivity index (χ3v) is 4.35. The van der Waals surface area contributed by atoms with Gasteiger partial charge in [0.2, 0.25) is 0 Å². The van der Waals surface area contributed by atoms with Gasteiger partial charge in [0, 0.05) is 5.56 Å². The smallest absolute Gasteiger partial charge is 0.416 e. The lowest BCUT2D eigenvalue weighted by Crippen LogP contribution is -2.20. The van der Waals surface area contributed by atoms with Crippen LogP contribution in [-0.4, -0.2) is 28.3 Å². The molecule has 0 saturated heterocycles. The van der Waals surface area contributed by atoms with Crippen LogP contribution < -0.4 is 5.32 Å². The van der Waals surface area contributed by atoms with Crippen LogP contribution >= 0.6 is 0 Å². The summed E-state index contributed by atoms with van der Waals surface area (Å²) in [5.41, 5.74) is -4.08. The van der Waals surface area contributed by atoms with E-state index in [1.54, 1.807) is 30.3 Å². The number of halogens is 6. The van der Waals surface area contributed by atoms with Gasteiger partial charge in [0.25, 0.3) is 5.91 Å². The lowest BCUT2D eigenvalue weighted by atomic mass is 10.0. The van der Waals surface area contributed by atoms with Crippen LogP contribution in [0.2, 0.25) is 0 Å². The van der Waals surface area contributed by atoms with Crippen molar-refractivity contribution in [2.24, 2.45) is 0 Å². The molecule has 0 spiro atoms. The molecule has 1 heterocycles. The first-order valence-corrected chi connectivity index (χ1v) is 9.33. The number of hydrogen-bond donors (Lipinski definition) is 1. The molecule has 2 aromatic carbocycles. The SMILES string of the molecule is CCOC(=O)c1cnn(-c2ccccc2)c1NC(=O)c1cc(C(F)(F)F)cc(C(F)(F)F)c1. The highest BCUT2D eigenvalue weighted by atomic mass is 19.4. The minimum Gasteiger partial charge on any atom is -0.462 e. The van der Waals surface area contributed by atoms with Gasteiger partial charge in [-0.25, -0.2) is 9.48 Å². The van der Waals surface area contributed by atoms with Crippen LogP contribution in [0.4, 0.5) is 32.2 Å². The second-order valence-corrected chi connectivity index (χ2v) is 6.62. The average Bonchev–Trinajstić information content (AvgIpc) is 3.16. The number of aromatic nitrogens is 2. The largest absolute Gasteiger partial charge is 0.462 e. The normalized spacial score (nSPS) is 11.8. The van der Waals surface area contributed by atoms with E-state index in [0.717, 1.165) is 10.9 Å². The number of para-hydroxylation sites is 1. The third kappa shape index (κ3) is 5.33. The van der Waals surface area contributed by atoms with Crippen LogP contribution in [0.3, 0.4) is 0 Å². The number of rotatable bonds is 5. The third-order valence-electron chi connectivity index (χ3n) is 4.35. The summed E-state index contributed by atoms with van der Waals surface area (Å²) in [7, 11) is 0. The molecule has 12 heteroatoms. The summed E-state index contributed by atoms with van der Waals surface area (Å²) in [6, 6.07) is 8.53. The van der Waals surface area contributed by atoms with Crippen LogP contribution in [-0.2, 0) is 17.1 Å². The number of amides is 1. The van der Waals surface area contributed by atoms with Gasteiger partial charge in [0.1, 0.15) is 5.56 Å². The van der Waals surface area contributed by atoms with E-state index in [2.05, 4.69) is 10.4 Å². The summed E-state index contributed by atoms with van der Waals surface area (Å²) >= 11 is 0. The van der Waals surface area contributed by atoms with E-state index in [4.69, 9.17) is 4.74 Å². The lowest BCUT2D eigenvalue weighted by Gasteiger charge is -2.15. The van der Waals surface area contributed by atoms with E-state index in [9.17, 15) is 35.9 Å². The molecule has 0 aliphatic rings. The number of carbonyl (C=O) groups excluding carboxylic acids is 2. The summed E-state index contributed by atoms with van der Waals surface area (Å²) < 4.78 is 84.8. The molecule has 33 heavy (non-hydrogen) atoms. The Balaban J connectivity index is 2.09. The zero-order chi connectivity index (χ0) is 24.4. The fourth-order valence-corrected chi connectivity index (χ4v) is 2.86. The van der Waals surface area contributed by atoms with Crippen LogP contribution in [0.1, 0.15) is 38.8 Å². The van der Waals surface area contributed by atoms with E-state index in [-0.39, 0.29) is 36.2 Å². The number of anilines is 1. The van der Waals surface area contributed by atoms with Crippen molar-refractivity contribution in [2.75, 3.05) is 11.9 Å². The van der Waals surface area contributed by atoms with Crippen molar-refractivity contribution < 1.29 is 40.7 Å². The number of benzene rings is 2. The van der Waals surface area contributed by atoms with Crippen molar-refractivity contribution in [3.63, 3.8) is 0 Å². The maximum Gasteiger partial charge on any atom is 0.416 e. The molecule has 0 unspecified atom stereocenters. The number of nitrogens with zero attached hydrogens (tertiary/aromatic N) is 2. The van der Waals surface area contributed by atoms with Crippen LogP contribution in [0.25, 0.3) is 5.69 Å². The van der Waals surface area contributed by atoms with Gasteiger partial charge in [-0.05, 0) is 37.3 Å². The van der Waals surface area contributed by atoms with E-state index in [0.29, 0.717) is 5.69 Å². The molecule has 0 fully saturated rings. The Bertz CT molecular complexity index is 1140. The van der Waals surface area contributed by atoms with E-state index >= 15 is 0 Å². The van der Waals surface area contributed by atoms with Gasteiger partial charge >= 0.3 is 18.3 Å². The number of alkyl halides is 6. The summed E-state index contributed by atoms with van der Waals surface area (Å²) in [6.07, 6.45) is -9.19. The first-order valence-electron chi connectivity index (χ1n) is 9.33. The van der Waals surface area contributed by atoms with E-state index in [1.807, 2.05) is 0 Å². The molecular weight excluding hydrogens is 456 g/mol. The average molecular weight is 471 g/mol. The van der Waals surface area contributed by atoms with Gasteiger partial charge in [0.15, 0.2) is 5.82 Å². The molecule has 0 saturated carbocycles. The van der Waals surface area contributed by atoms with Gasteiger partial charge in [-0.2, -0.15) is 31.4 Å². The summed E-state index contributed by atoms with van der Waals surface area (Å²) in [6.45, 7) is 1.50. The Morgan fingerprint density at radius 2 is 1.55 bits per heavy atom. The molecule has 3 aromatic rings. The molecule has 0 bridgehead atoms. The highest BCUT2D eigenvalue weighted by Gasteiger charge is 2.37. The van der Waals surface area contributed by atoms with Gasteiger partial charge in [-0.3, -0.25) is 4.79 Å². The fraction of sp³-hybridized carbons (Fsp3) is 0.190. The zero-order valence-corrected chi connectivity index (χ0v) is 16.8. The summed E-state index contributed by atoms with van der Waals surface area (Å²) in [5.74, 6) is -2.49. The molecule has 0 aliphatic heterocycles. The van der Waals surface area contributed by atoms with E-state index in [1.165, 1.54) is 6.92 Å². The minimum absolute atomic E-state index is 0.0225. The summed E-state index contributed by atoms with van der Waals surface area (Å²) in [5, 5.41) is 6.19. The second-order valence-electron chi connectivity index (χ2n) is 6.62. The first-order chi connectivity index (χ1) is 15.4. The van der Waals surface area contributed by atoms with Gasteiger partial charge in [-0.15, -0.1) is 0 Å². The number of ether oxygens (including phenoxy) is 1. The molecular formula is C21H15F6N3O3. The Hall–Kier alpha value is -3.83. The predicted octanol–water partition coefficient (Wildman–Crippen LogP) is 5.34. The Kier molecular flexibility index (Phi) is 6.47. The second kappa shape index (κ2) is 8.96. The molecule has 1 N–H and O–H groups in total. The lowest BCUT2D eigenvalue weighted by molar-refractivity contribution is -0.143. The zero-order valence-electron chi connectivity index (χ0n) is 16.8. The van der Waals surface area contributed by atoms with E-state index < -0.39 is 40.9 Å². The molecule has 0 atom stereocenters. The Morgan fingerprint density at radius 1 is 0.970 bits per heavy atom. The maximum atomic E-state index is 13.1. The van der Waals surface area contributed by atoms with Crippen LogP contribution in [0.5, 0.6) is 0 Å². The number of esters is 1. The van der Waals surface area contributed by atoms with Crippen LogP contribution in [0.15, 0.2) is 54.7 Å². The summed E-state index contributed by atoms with van der Waals surface area (Å²) in [4.78, 5) is 25.0. The highest BCUT2D eigenvalue weighted by molar-refractivity contribution is 6.07. The van der Waals surface area contributed by atoms with Gasteiger partial charge in [0.05, 0.1) is 29.6 Å². The molecule has 0 radical (unpaired) electrons. The quantitative estimate of drug-likeness (QED) is 0.403. The topological polar surface area (TPSA) is 73.2 Å². The maximum absolute atomic E-state index is 13.1. The number of hydrogen-bond acceptors (Lipinski definition) is 4. The molecule has 1 amide bonds. The van der Waals surface area contributed by atoms with Crippen molar-refractivity contribution >= 4 is 17.7 Å². The molecule has 174 valence electrons. The first kappa shape index (κ1) is 23.8. The van der Waals surface area contributed by atoms with Crippen molar-refractivity contribution in [1.82, 2.24) is 9.78 Å². The standard InChI is InChI=1S/C21H15F6N3O3/c1-2-33-19(32)16-11-28-30(15-6-4-3-5-7-15)17(16)29-18(31)12-8-13(20(22,23)24)10-14(9-12)21(25,26)27/h3-11H,2H2,1H3,(H,29,31). The monoisotopic (exact) mass is 471 g/mol. The number of carbonyl (C=O) groups is 2. The number of nitrogens with one attached hydrogen (secondary N) is 1. The molecule has 1 aromatic heterocycles. The molecule has 3 rings (SSSR count). The van der Waals surface area contributed by atoms with Crippen molar-refractivity contribution in [2.45, 2.75) is 19.3 Å². The van der Waals surface area contributed by atoms with Crippen molar-refractivity contribution in [3.8, 4) is 5.69 Å². The molecule has 0 aliphatic carbocycles. The Morgan fingerprint density at radius 3 is 2.06 bits per heavy atom. The van der Waals surface area contributed by atoms with Crippen LogP contribution in [0, 0.1) is 0 Å². The molecule has 6 nitrogen and oxygen atoms in total. The highest BCUT2D eigenvalue weighted by Crippen LogP contribution is 2.36. The van der Waals surface area contributed by atoms with Gasteiger partial charge < -0.3 is 10.1 Å². The van der Waals surface area contributed by atoms with Crippen molar-refractivity contribution in [3.05, 3.63) is 77.0 Å². The van der Waals surface area contributed by atoms with Gasteiger partial charge in [-0.1, -0.05) is 18.2 Å². The minimum atomic E-state index is -5.13. The van der Waals surface area contributed by atoms with Crippen molar-refractivity contribution in [1.29, 1.82) is 0 Å². The predicted molar refractivity (Wildman–Crippen MR) is 104 cm³/mol. The fourth-order valence-electron chi connectivity index (χ4n) is 2.86.